The van der Waals surface area contributed by atoms with Gasteiger partial charge in [-0.1, -0.05) is 30.3 Å². The normalized spacial score (nSPS) is 11.4. The second kappa shape index (κ2) is 7.27. The van der Waals surface area contributed by atoms with Crippen LogP contribution in [0.1, 0.15) is 17.1 Å². The third-order valence-corrected chi connectivity index (χ3v) is 3.29. The molecule has 0 amide bonds. The SMILES string of the molecule is Cc1ccc(CN(CCN(C)C)Cc2ccccc2)o1. The number of rotatable bonds is 7. The molecule has 20 heavy (non-hydrogen) atoms. The summed E-state index contributed by atoms with van der Waals surface area (Å²) >= 11 is 0. The molecule has 1 aromatic heterocycles. The third-order valence-electron chi connectivity index (χ3n) is 3.29. The molecule has 2 rings (SSSR count). The highest BCUT2D eigenvalue weighted by molar-refractivity contribution is 5.14. The maximum atomic E-state index is 5.70. The largest absolute Gasteiger partial charge is 0.465 e. The van der Waals surface area contributed by atoms with Gasteiger partial charge in [-0.2, -0.15) is 0 Å². The topological polar surface area (TPSA) is 19.6 Å². The Balaban J connectivity index is 2.00. The Labute approximate surface area is 121 Å². The summed E-state index contributed by atoms with van der Waals surface area (Å²) in [5, 5.41) is 0. The van der Waals surface area contributed by atoms with Gasteiger partial charge in [0, 0.05) is 19.6 Å². The maximum Gasteiger partial charge on any atom is 0.118 e. The van der Waals surface area contributed by atoms with Gasteiger partial charge in [0.1, 0.15) is 11.5 Å². The predicted molar refractivity (Wildman–Crippen MR) is 82.6 cm³/mol. The van der Waals surface area contributed by atoms with Gasteiger partial charge in [0.2, 0.25) is 0 Å². The minimum absolute atomic E-state index is 0.858. The smallest absolute Gasteiger partial charge is 0.118 e. The minimum Gasteiger partial charge on any atom is -0.465 e. The molecule has 0 saturated heterocycles. The molecule has 2 aromatic rings. The van der Waals surface area contributed by atoms with Crippen molar-refractivity contribution in [2.24, 2.45) is 0 Å². The van der Waals surface area contributed by atoms with Gasteiger partial charge in [-0.3, -0.25) is 4.90 Å². The van der Waals surface area contributed by atoms with E-state index in [-0.39, 0.29) is 0 Å². The first kappa shape index (κ1) is 14.8. The number of hydrogen-bond acceptors (Lipinski definition) is 3. The highest BCUT2D eigenvalue weighted by atomic mass is 16.3. The number of hydrogen-bond donors (Lipinski definition) is 0. The molecule has 3 nitrogen and oxygen atoms in total. The van der Waals surface area contributed by atoms with E-state index in [2.05, 4.69) is 60.3 Å². The summed E-state index contributed by atoms with van der Waals surface area (Å²) < 4.78 is 5.70. The molecule has 0 N–H and O–H groups in total. The van der Waals surface area contributed by atoms with Crippen LogP contribution in [-0.2, 0) is 13.1 Å². The van der Waals surface area contributed by atoms with E-state index < -0.39 is 0 Å². The van der Waals surface area contributed by atoms with E-state index in [1.54, 1.807) is 0 Å². The van der Waals surface area contributed by atoms with Crippen LogP contribution in [-0.4, -0.2) is 37.0 Å². The number of likely N-dealkylation sites (N-methyl/N-ethyl adjacent to an activating group) is 1. The van der Waals surface area contributed by atoms with Gasteiger partial charge >= 0.3 is 0 Å². The van der Waals surface area contributed by atoms with Crippen molar-refractivity contribution in [1.82, 2.24) is 9.80 Å². The number of furan rings is 1. The molecule has 1 heterocycles. The Morgan fingerprint density at radius 1 is 0.900 bits per heavy atom. The van der Waals surface area contributed by atoms with Crippen molar-refractivity contribution in [2.75, 3.05) is 27.2 Å². The summed E-state index contributed by atoms with van der Waals surface area (Å²) in [6.07, 6.45) is 0. The lowest BCUT2D eigenvalue weighted by atomic mass is 10.2. The fourth-order valence-corrected chi connectivity index (χ4v) is 2.19. The molecule has 0 bridgehead atoms. The van der Waals surface area contributed by atoms with Crippen molar-refractivity contribution in [3.63, 3.8) is 0 Å². The third kappa shape index (κ3) is 4.83. The average Bonchev–Trinajstić information content (AvgIpc) is 2.82. The maximum absolute atomic E-state index is 5.70. The van der Waals surface area contributed by atoms with E-state index in [1.807, 2.05) is 13.0 Å². The van der Waals surface area contributed by atoms with Crippen molar-refractivity contribution < 1.29 is 4.42 Å². The van der Waals surface area contributed by atoms with Crippen LogP contribution in [0.25, 0.3) is 0 Å². The number of benzene rings is 1. The van der Waals surface area contributed by atoms with Crippen LogP contribution in [0.4, 0.5) is 0 Å². The second-order valence-electron chi connectivity index (χ2n) is 5.51. The fourth-order valence-electron chi connectivity index (χ4n) is 2.19. The van der Waals surface area contributed by atoms with E-state index in [4.69, 9.17) is 4.42 Å². The zero-order valence-electron chi connectivity index (χ0n) is 12.7. The van der Waals surface area contributed by atoms with Crippen LogP contribution in [0.15, 0.2) is 46.9 Å². The second-order valence-corrected chi connectivity index (χ2v) is 5.51. The van der Waals surface area contributed by atoms with Gasteiger partial charge in [0.15, 0.2) is 0 Å². The molecule has 3 heteroatoms. The lowest BCUT2D eigenvalue weighted by Crippen LogP contribution is -2.31. The molecule has 0 aliphatic carbocycles. The summed E-state index contributed by atoms with van der Waals surface area (Å²) in [5.41, 5.74) is 1.34. The lowest BCUT2D eigenvalue weighted by Gasteiger charge is -2.23. The van der Waals surface area contributed by atoms with Crippen molar-refractivity contribution >= 4 is 0 Å². The molecular formula is C17H24N2O. The van der Waals surface area contributed by atoms with Crippen LogP contribution < -0.4 is 0 Å². The molecule has 0 saturated carbocycles. The Hall–Kier alpha value is -1.58. The van der Waals surface area contributed by atoms with Crippen molar-refractivity contribution in [3.8, 4) is 0 Å². The van der Waals surface area contributed by atoms with Gasteiger partial charge in [0.25, 0.3) is 0 Å². The van der Waals surface area contributed by atoms with E-state index in [0.717, 1.165) is 37.7 Å². The molecular weight excluding hydrogens is 248 g/mol. The van der Waals surface area contributed by atoms with E-state index >= 15 is 0 Å². The molecule has 0 unspecified atom stereocenters. The first-order valence-corrected chi connectivity index (χ1v) is 7.10. The first-order valence-electron chi connectivity index (χ1n) is 7.10. The Morgan fingerprint density at radius 3 is 2.25 bits per heavy atom. The lowest BCUT2D eigenvalue weighted by molar-refractivity contribution is 0.210. The van der Waals surface area contributed by atoms with Gasteiger partial charge < -0.3 is 9.32 Å². The molecule has 0 spiro atoms. The zero-order valence-corrected chi connectivity index (χ0v) is 12.7. The first-order chi connectivity index (χ1) is 9.63. The van der Waals surface area contributed by atoms with Gasteiger partial charge in [-0.15, -0.1) is 0 Å². The molecule has 108 valence electrons. The van der Waals surface area contributed by atoms with Crippen molar-refractivity contribution in [3.05, 3.63) is 59.5 Å². The van der Waals surface area contributed by atoms with Crippen molar-refractivity contribution in [2.45, 2.75) is 20.0 Å². The van der Waals surface area contributed by atoms with E-state index in [0.29, 0.717) is 0 Å². The van der Waals surface area contributed by atoms with Crippen LogP contribution in [0, 0.1) is 6.92 Å². The summed E-state index contributed by atoms with van der Waals surface area (Å²) in [7, 11) is 4.22. The van der Waals surface area contributed by atoms with Crippen LogP contribution >= 0.6 is 0 Å². The standard InChI is InChI=1S/C17H24N2O/c1-15-9-10-17(20-15)14-19(12-11-18(2)3)13-16-7-5-4-6-8-16/h4-10H,11-14H2,1-3H3. The highest BCUT2D eigenvalue weighted by Gasteiger charge is 2.10. The Kier molecular flexibility index (Phi) is 5.39. The van der Waals surface area contributed by atoms with Crippen molar-refractivity contribution in [1.29, 1.82) is 0 Å². The molecule has 0 aliphatic heterocycles. The summed E-state index contributed by atoms with van der Waals surface area (Å²) in [6.45, 7) is 5.88. The van der Waals surface area contributed by atoms with Crippen LogP contribution in [0.5, 0.6) is 0 Å². The predicted octanol–water partition coefficient (Wildman–Crippen LogP) is 3.15. The average molecular weight is 272 g/mol. The van der Waals surface area contributed by atoms with E-state index in [9.17, 15) is 0 Å². The quantitative estimate of drug-likeness (QED) is 0.772. The zero-order chi connectivity index (χ0) is 14.4. The summed E-state index contributed by atoms with van der Waals surface area (Å²) in [6, 6.07) is 14.7. The van der Waals surface area contributed by atoms with Gasteiger partial charge in [-0.25, -0.2) is 0 Å². The molecule has 0 fully saturated rings. The van der Waals surface area contributed by atoms with E-state index in [1.165, 1.54) is 5.56 Å². The Morgan fingerprint density at radius 2 is 1.65 bits per heavy atom. The number of aryl methyl sites for hydroxylation is 1. The molecule has 0 atom stereocenters. The molecule has 0 radical (unpaired) electrons. The fraction of sp³-hybridized carbons (Fsp3) is 0.412. The van der Waals surface area contributed by atoms with Crippen LogP contribution in [0.3, 0.4) is 0 Å². The summed E-state index contributed by atoms with van der Waals surface area (Å²) in [4.78, 5) is 4.64. The summed E-state index contributed by atoms with van der Waals surface area (Å²) in [5.74, 6) is 2.02. The monoisotopic (exact) mass is 272 g/mol. The highest BCUT2D eigenvalue weighted by Crippen LogP contribution is 2.12. The van der Waals surface area contributed by atoms with Gasteiger partial charge in [0.05, 0.1) is 6.54 Å². The molecule has 0 aliphatic rings. The minimum atomic E-state index is 0.858. The van der Waals surface area contributed by atoms with Gasteiger partial charge in [-0.05, 0) is 38.7 Å². The van der Waals surface area contributed by atoms with Crippen LogP contribution in [0.2, 0.25) is 0 Å². The Bertz CT molecular complexity index is 505. The number of nitrogens with zero attached hydrogens (tertiary/aromatic N) is 2. The molecule has 1 aromatic carbocycles.